The van der Waals surface area contributed by atoms with Gasteiger partial charge in [0.2, 0.25) is 5.91 Å². The molecule has 2 heterocycles. The van der Waals surface area contributed by atoms with Crippen molar-refractivity contribution >= 4 is 11.8 Å². The molecule has 0 bridgehead atoms. The molecule has 2 N–H and O–H groups in total. The number of para-hydroxylation sites is 1. The fourth-order valence-electron chi connectivity index (χ4n) is 5.67. The molecule has 2 fully saturated rings. The molecular weight excluding hydrogens is 402 g/mol. The Morgan fingerprint density at radius 1 is 0.906 bits per heavy atom. The van der Waals surface area contributed by atoms with E-state index in [-0.39, 0.29) is 17.2 Å². The molecule has 0 radical (unpaired) electrons. The second kappa shape index (κ2) is 11.2. The van der Waals surface area contributed by atoms with E-state index in [1.54, 1.807) is 6.07 Å². The number of rotatable bonds is 2. The molecule has 1 aliphatic carbocycles. The Morgan fingerprint density at radius 3 is 2.50 bits per heavy atom. The highest BCUT2D eigenvalue weighted by Crippen LogP contribution is 2.38. The maximum Gasteiger partial charge on any atom is 0.255 e. The highest BCUT2D eigenvalue weighted by molar-refractivity contribution is 5.96. The molecule has 0 atom stereocenters. The van der Waals surface area contributed by atoms with Crippen molar-refractivity contribution in [2.45, 2.75) is 64.2 Å². The number of carbonyl (C=O) groups is 2. The number of nitrogens with zero attached hydrogens (tertiary/aromatic N) is 1. The first-order valence-electron chi connectivity index (χ1n) is 12.7. The van der Waals surface area contributed by atoms with Crippen molar-refractivity contribution in [1.29, 1.82) is 0 Å². The second-order valence-electron chi connectivity index (χ2n) is 9.90. The summed E-state index contributed by atoms with van der Waals surface area (Å²) in [5, 5.41) is 6.17. The van der Waals surface area contributed by atoms with Crippen molar-refractivity contribution in [3.8, 4) is 5.75 Å². The minimum Gasteiger partial charge on any atom is -0.491 e. The largest absolute Gasteiger partial charge is 0.491 e. The fraction of sp³-hybridized carbons (Fsp3) is 0.692. The number of hydrogen-bond acceptors (Lipinski definition) is 4. The van der Waals surface area contributed by atoms with Crippen molar-refractivity contribution in [3.05, 3.63) is 29.8 Å². The number of likely N-dealkylation sites (tertiary alicyclic amines) is 1. The zero-order valence-electron chi connectivity index (χ0n) is 19.4. The van der Waals surface area contributed by atoms with Crippen molar-refractivity contribution < 1.29 is 14.3 Å². The second-order valence-corrected chi connectivity index (χ2v) is 9.90. The van der Waals surface area contributed by atoms with Crippen LogP contribution in [0.4, 0.5) is 0 Å². The lowest BCUT2D eigenvalue weighted by atomic mass is 9.73. The van der Waals surface area contributed by atoms with Crippen LogP contribution in [0.5, 0.6) is 5.75 Å². The van der Waals surface area contributed by atoms with Crippen LogP contribution in [0.3, 0.4) is 0 Å². The molecular formula is C26H39N3O3. The van der Waals surface area contributed by atoms with Gasteiger partial charge in [-0.1, -0.05) is 37.8 Å². The van der Waals surface area contributed by atoms with E-state index in [1.807, 2.05) is 18.2 Å². The van der Waals surface area contributed by atoms with Gasteiger partial charge in [0.05, 0.1) is 17.5 Å². The lowest BCUT2D eigenvalue weighted by molar-refractivity contribution is -0.134. The summed E-state index contributed by atoms with van der Waals surface area (Å²) in [4.78, 5) is 28.5. The van der Waals surface area contributed by atoms with E-state index >= 15 is 0 Å². The molecule has 1 aromatic rings. The Bertz CT molecular complexity index is 767. The van der Waals surface area contributed by atoms with Crippen LogP contribution in [0.15, 0.2) is 24.3 Å². The smallest absolute Gasteiger partial charge is 0.255 e. The molecule has 3 aliphatic rings. The quantitative estimate of drug-likeness (QED) is 0.733. The number of hydrogen-bond donors (Lipinski definition) is 2. The summed E-state index contributed by atoms with van der Waals surface area (Å²) in [7, 11) is 0. The molecule has 1 spiro atoms. The third-order valence-electron chi connectivity index (χ3n) is 7.68. The molecule has 4 rings (SSSR count). The van der Waals surface area contributed by atoms with Crippen LogP contribution in [0, 0.1) is 11.3 Å². The summed E-state index contributed by atoms with van der Waals surface area (Å²) in [5.41, 5.74) is 0.271. The van der Waals surface area contributed by atoms with E-state index < -0.39 is 0 Å². The number of nitrogens with one attached hydrogen (secondary N) is 2. The molecule has 0 aromatic heterocycles. The minimum atomic E-state index is -0.283. The molecule has 1 aromatic carbocycles. The fourth-order valence-corrected chi connectivity index (χ4v) is 5.67. The maximum absolute atomic E-state index is 13.3. The average Bonchev–Trinajstić information content (AvgIpc) is 2.83. The molecule has 2 aliphatic heterocycles. The number of benzene rings is 1. The van der Waals surface area contributed by atoms with Gasteiger partial charge in [0.1, 0.15) is 12.4 Å². The van der Waals surface area contributed by atoms with Gasteiger partial charge >= 0.3 is 0 Å². The number of carbonyl (C=O) groups excluding carboxylic acids is 2. The Labute approximate surface area is 192 Å². The number of ether oxygens (including phenoxy) is 1. The SMILES string of the molecule is O=C1NCCCCC2(CCN(CC3CCCCC3)CC2)C(=O)NCCOc2ccccc21. The molecule has 176 valence electrons. The van der Waals surface area contributed by atoms with Gasteiger partial charge in [-0.25, -0.2) is 0 Å². The standard InChI is InChI=1S/C26H39N3O3/c30-24-22-10-4-5-11-23(22)32-19-16-28-25(31)26(12-6-7-15-27-24)13-17-29(18-14-26)20-21-8-2-1-3-9-21/h4-5,10-11,21H,1-3,6-9,12-20H2,(H,27,30)(H,28,31). The average molecular weight is 442 g/mol. The molecule has 1 saturated carbocycles. The van der Waals surface area contributed by atoms with Crippen molar-refractivity contribution in [2.24, 2.45) is 11.3 Å². The van der Waals surface area contributed by atoms with E-state index in [4.69, 9.17) is 4.74 Å². The molecule has 2 amide bonds. The highest BCUT2D eigenvalue weighted by Gasteiger charge is 2.40. The van der Waals surface area contributed by atoms with Gasteiger partial charge in [0.15, 0.2) is 0 Å². The molecule has 32 heavy (non-hydrogen) atoms. The summed E-state index contributed by atoms with van der Waals surface area (Å²) in [5.74, 6) is 1.52. The van der Waals surface area contributed by atoms with E-state index in [0.29, 0.717) is 31.0 Å². The van der Waals surface area contributed by atoms with Gasteiger partial charge in [-0.15, -0.1) is 0 Å². The van der Waals surface area contributed by atoms with Gasteiger partial charge in [0, 0.05) is 13.1 Å². The van der Waals surface area contributed by atoms with E-state index in [1.165, 1.54) is 38.6 Å². The van der Waals surface area contributed by atoms with Gasteiger partial charge in [-0.2, -0.15) is 0 Å². The first-order valence-corrected chi connectivity index (χ1v) is 12.7. The zero-order valence-corrected chi connectivity index (χ0v) is 19.4. The molecule has 1 saturated heterocycles. The first-order chi connectivity index (χ1) is 15.7. The van der Waals surface area contributed by atoms with E-state index in [0.717, 1.165) is 51.1 Å². The van der Waals surface area contributed by atoms with Crippen LogP contribution in [-0.4, -0.2) is 56.0 Å². The summed E-state index contributed by atoms with van der Waals surface area (Å²) >= 11 is 0. The van der Waals surface area contributed by atoms with Gasteiger partial charge < -0.3 is 20.3 Å². The molecule has 0 unspecified atom stereocenters. The van der Waals surface area contributed by atoms with E-state index in [9.17, 15) is 9.59 Å². The van der Waals surface area contributed by atoms with Crippen molar-refractivity contribution in [3.63, 3.8) is 0 Å². The van der Waals surface area contributed by atoms with Gasteiger partial charge in [-0.3, -0.25) is 9.59 Å². The Hall–Kier alpha value is -2.08. The van der Waals surface area contributed by atoms with Crippen molar-refractivity contribution in [1.82, 2.24) is 15.5 Å². The summed E-state index contributed by atoms with van der Waals surface area (Å²) in [6, 6.07) is 7.30. The van der Waals surface area contributed by atoms with Gasteiger partial charge in [0.25, 0.3) is 5.91 Å². The molecule has 6 nitrogen and oxygen atoms in total. The summed E-state index contributed by atoms with van der Waals surface area (Å²) in [6.07, 6.45) is 11.5. The lowest BCUT2D eigenvalue weighted by Gasteiger charge is -2.42. The monoisotopic (exact) mass is 441 g/mol. The predicted octanol–water partition coefficient (Wildman–Crippen LogP) is 3.76. The zero-order chi connectivity index (χ0) is 22.2. The van der Waals surface area contributed by atoms with Crippen LogP contribution < -0.4 is 15.4 Å². The summed E-state index contributed by atoms with van der Waals surface area (Å²) < 4.78 is 5.84. The van der Waals surface area contributed by atoms with Gasteiger partial charge in [-0.05, 0) is 69.7 Å². The van der Waals surface area contributed by atoms with Crippen LogP contribution in [0.25, 0.3) is 0 Å². The Balaban J connectivity index is 1.36. The topological polar surface area (TPSA) is 70.7 Å². The number of amides is 2. The normalized spacial score (nSPS) is 24.0. The third kappa shape index (κ3) is 5.83. The Morgan fingerprint density at radius 2 is 1.69 bits per heavy atom. The van der Waals surface area contributed by atoms with Crippen LogP contribution in [-0.2, 0) is 4.79 Å². The maximum atomic E-state index is 13.3. The van der Waals surface area contributed by atoms with Crippen LogP contribution in [0.2, 0.25) is 0 Å². The third-order valence-corrected chi connectivity index (χ3v) is 7.68. The summed E-state index contributed by atoms with van der Waals surface area (Å²) in [6.45, 7) is 4.69. The highest BCUT2D eigenvalue weighted by atomic mass is 16.5. The van der Waals surface area contributed by atoms with Crippen molar-refractivity contribution in [2.75, 3.05) is 39.3 Å². The minimum absolute atomic E-state index is 0.0903. The van der Waals surface area contributed by atoms with Crippen LogP contribution in [0.1, 0.15) is 74.6 Å². The molecule has 6 heteroatoms. The Kier molecular flexibility index (Phi) is 8.06. The first kappa shape index (κ1) is 23.1. The number of fused-ring (bicyclic) bond motifs is 1. The predicted molar refractivity (Wildman–Crippen MR) is 126 cm³/mol. The van der Waals surface area contributed by atoms with Crippen LogP contribution >= 0.6 is 0 Å². The van der Waals surface area contributed by atoms with E-state index in [2.05, 4.69) is 15.5 Å². The lowest BCUT2D eigenvalue weighted by Crippen LogP contribution is -2.50. The number of piperidine rings is 1.